The SMILES string of the molecule is COCCN(C)C(=O)Nc1c(C)cccc1C(C)(C)C. The fourth-order valence-corrected chi connectivity index (χ4v) is 1.99. The van der Waals surface area contributed by atoms with Crippen molar-refractivity contribution >= 4 is 11.7 Å². The number of para-hydroxylation sites is 1. The second-order valence-electron chi connectivity index (χ2n) is 6.09. The maximum absolute atomic E-state index is 12.2. The molecule has 0 aliphatic heterocycles. The van der Waals surface area contributed by atoms with Gasteiger partial charge in [-0.05, 0) is 23.5 Å². The van der Waals surface area contributed by atoms with Crippen LogP contribution in [0.1, 0.15) is 31.9 Å². The highest BCUT2D eigenvalue weighted by Gasteiger charge is 2.21. The van der Waals surface area contributed by atoms with Crippen LogP contribution in [0.5, 0.6) is 0 Å². The van der Waals surface area contributed by atoms with Crippen molar-refractivity contribution in [1.29, 1.82) is 0 Å². The number of likely N-dealkylation sites (N-methyl/N-ethyl adjacent to an activating group) is 1. The number of anilines is 1. The molecular weight excluding hydrogens is 252 g/mol. The van der Waals surface area contributed by atoms with Crippen LogP contribution in [0.3, 0.4) is 0 Å². The van der Waals surface area contributed by atoms with Gasteiger partial charge in [0.05, 0.1) is 6.61 Å². The first-order chi connectivity index (χ1) is 9.27. The third-order valence-electron chi connectivity index (χ3n) is 3.29. The Kier molecular flexibility index (Phi) is 5.57. The van der Waals surface area contributed by atoms with E-state index in [1.165, 1.54) is 0 Å². The molecule has 1 N–H and O–H groups in total. The van der Waals surface area contributed by atoms with E-state index in [4.69, 9.17) is 4.74 Å². The number of nitrogens with one attached hydrogen (secondary N) is 1. The number of urea groups is 1. The summed E-state index contributed by atoms with van der Waals surface area (Å²) < 4.78 is 4.99. The molecule has 0 saturated carbocycles. The van der Waals surface area contributed by atoms with Gasteiger partial charge >= 0.3 is 6.03 Å². The van der Waals surface area contributed by atoms with Gasteiger partial charge in [0, 0.05) is 26.4 Å². The Labute approximate surface area is 122 Å². The van der Waals surface area contributed by atoms with Crippen LogP contribution in [0.4, 0.5) is 10.5 Å². The number of hydrogen-bond donors (Lipinski definition) is 1. The van der Waals surface area contributed by atoms with Gasteiger partial charge in [0.2, 0.25) is 0 Å². The summed E-state index contributed by atoms with van der Waals surface area (Å²) in [4.78, 5) is 13.8. The number of benzene rings is 1. The van der Waals surface area contributed by atoms with E-state index in [-0.39, 0.29) is 11.4 Å². The average Bonchev–Trinajstić information content (AvgIpc) is 2.36. The van der Waals surface area contributed by atoms with Crippen molar-refractivity contribution in [2.75, 3.05) is 32.6 Å². The summed E-state index contributed by atoms with van der Waals surface area (Å²) >= 11 is 0. The molecule has 1 aromatic rings. The van der Waals surface area contributed by atoms with Crippen LogP contribution >= 0.6 is 0 Å². The molecule has 4 nitrogen and oxygen atoms in total. The topological polar surface area (TPSA) is 41.6 Å². The number of methoxy groups -OCH3 is 1. The number of rotatable bonds is 4. The molecule has 4 heteroatoms. The Hall–Kier alpha value is -1.55. The van der Waals surface area contributed by atoms with E-state index in [1.807, 2.05) is 19.1 Å². The molecule has 112 valence electrons. The summed E-state index contributed by atoms with van der Waals surface area (Å²) in [7, 11) is 3.40. The molecule has 0 spiro atoms. The zero-order chi connectivity index (χ0) is 15.3. The molecule has 0 atom stereocenters. The Morgan fingerprint density at radius 2 is 2.00 bits per heavy atom. The third kappa shape index (κ3) is 4.23. The number of ether oxygens (including phenoxy) is 1. The van der Waals surface area contributed by atoms with Gasteiger partial charge in [-0.15, -0.1) is 0 Å². The van der Waals surface area contributed by atoms with E-state index < -0.39 is 0 Å². The molecule has 0 fully saturated rings. The summed E-state index contributed by atoms with van der Waals surface area (Å²) in [6, 6.07) is 6.00. The minimum Gasteiger partial charge on any atom is -0.383 e. The first kappa shape index (κ1) is 16.5. The highest BCUT2D eigenvalue weighted by atomic mass is 16.5. The second kappa shape index (κ2) is 6.75. The molecule has 0 heterocycles. The number of amides is 2. The highest BCUT2D eigenvalue weighted by molar-refractivity contribution is 5.91. The molecule has 0 bridgehead atoms. The standard InChI is InChI=1S/C16H26N2O2/c1-12-8-7-9-13(16(2,3)4)14(12)17-15(19)18(5)10-11-20-6/h7-9H,10-11H2,1-6H3,(H,17,19). The minimum atomic E-state index is -0.109. The monoisotopic (exact) mass is 278 g/mol. The predicted molar refractivity (Wildman–Crippen MR) is 83.4 cm³/mol. The predicted octanol–water partition coefficient (Wildman–Crippen LogP) is 3.40. The molecule has 0 unspecified atom stereocenters. The van der Waals surface area contributed by atoms with Gasteiger partial charge in [-0.3, -0.25) is 0 Å². The first-order valence-corrected chi connectivity index (χ1v) is 6.88. The Morgan fingerprint density at radius 1 is 1.35 bits per heavy atom. The van der Waals surface area contributed by atoms with Crippen LogP contribution in [-0.2, 0) is 10.2 Å². The first-order valence-electron chi connectivity index (χ1n) is 6.88. The number of hydrogen-bond acceptors (Lipinski definition) is 2. The molecule has 1 rings (SSSR count). The van der Waals surface area contributed by atoms with Crippen LogP contribution in [0.2, 0.25) is 0 Å². The lowest BCUT2D eigenvalue weighted by atomic mass is 9.84. The Balaban J connectivity index is 2.94. The maximum Gasteiger partial charge on any atom is 0.321 e. The molecular formula is C16H26N2O2. The molecule has 0 aliphatic rings. The van der Waals surface area contributed by atoms with Crippen molar-refractivity contribution in [3.05, 3.63) is 29.3 Å². The quantitative estimate of drug-likeness (QED) is 0.917. The molecule has 2 amide bonds. The molecule has 0 aromatic heterocycles. The van der Waals surface area contributed by atoms with Gasteiger partial charge in [0.1, 0.15) is 0 Å². The van der Waals surface area contributed by atoms with Gasteiger partial charge in [0.15, 0.2) is 0 Å². The summed E-state index contributed by atoms with van der Waals surface area (Å²) in [5.74, 6) is 0. The van der Waals surface area contributed by atoms with E-state index in [0.717, 1.165) is 16.8 Å². The summed E-state index contributed by atoms with van der Waals surface area (Å²) in [5, 5.41) is 3.03. The average molecular weight is 278 g/mol. The van der Waals surface area contributed by atoms with Gasteiger partial charge in [0.25, 0.3) is 0 Å². The van der Waals surface area contributed by atoms with Crippen molar-refractivity contribution in [2.45, 2.75) is 33.1 Å². The van der Waals surface area contributed by atoms with Gasteiger partial charge < -0.3 is 15.0 Å². The van der Waals surface area contributed by atoms with E-state index in [0.29, 0.717) is 13.2 Å². The van der Waals surface area contributed by atoms with E-state index in [9.17, 15) is 4.79 Å². The van der Waals surface area contributed by atoms with Gasteiger partial charge in [-0.2, -0.15) is 0 Å². The summed E-state index contributed by atoms with van der Waals surface area (Å²) in [5.41, 5.74) is 3.12. The lowest BCUT2D eigenvalue weighted by Crippen LogP contribution is -2.34. The van der Waals surface area contributed by atoms with Crippen LogP contribution in [0, 0.1) is 6.92 Å². The molecule has 0 aliphatic carbocycles. The minimum absolute atomic E-state index is 0.0142. The number of aryl methyl sites for hydroxylation is 1. The van der Waals surface area contributed by atoms with Crippen molar-refractivity contribution in [3.63, 3.8) is 0 Å². The normalized spacial score (nSPS) is 11.3. The second-order valence-corrected chi connectivity index (χ2v) is 6.09. The summed E-state index contributed by atoms with van der Waals surface area (Å²) in [6.07, 6.45) is 0. The van der Waals surface area contributed by atoms with Crippen molar-refractivity contribution in [2.24, 2.45) is 0 Å². The van der Waals surface area contributed by atoms with Crippen LogP contribution in [-0.4, -0.2) is 38.2 Å². The van der Waals surface area contributed by atoms with E-state index in [2.05, 4.69) is 32.2 Å². The van der Waals surface area contributed by atoms with Crippen LogP contribution in [0.25, 0.3) is 0 Å². The van der Waals surface area contributed by atoms with Crippen LogP contribution in [0.15, 0.2) is 18.2 Å². The lowest BCUT2D eigenvalue weighted by molar-refractivity contribution is 0.165. The molecule has 0 saturated heterocycles. The van der Waals surface area contributed by atoms with Gasteiger partial charge in [-0.1, -0.05) is 39.0 Å². The smallest absolute Gasteiger partial charge is 0.321 e. The van der Waals surface area contributed by atoms with E-state index >= 15 is 0 Å². The van der Waals surface area contributed by atoms with Crippen LogP contribution < -0.4 is 5.32 Å². The Bertz CT molecular complexity index is 464. The number of carbonyl (C=O) groups is 1. The molecule has 0 radical (unpaired) electrons. The third-order valence-corrected chi connectivity index (χ3v) is 3.29. The van der Waals surface area contributed by atoms with Crippen molar-refractivity contribution in [1.82, 2.24) is 4.90 Å². The maximum atomic E-state index is 12.2. The molecule has 1 aromatic carbocycles. The number of nitrogens with zero attached hydrogens (tertiary/aromatic N) is 1. The van der Waals surface area contributed by atoms with Gasteiger partial charge in [-0.25, -0.2) is 4.79 Å². The fraction of sp³-hybridized carbons (Fsp3) is 0.562. The number of carbonyl (C=O) groups excluding carboxylic acids is 1. The summed E-state index contributed by atoms with van der Waals surface area (Å²) in [6.45, 7) is 9.55. The fourth-order valence-electron chi connectivity index (χ4n) is 1.99. The molecule has 20 heavy (non-hydrogen) atoms. The van der Waals surface area contributed by atoms with Crippen molar-refractivity contribution < 1.29 is 9.53 Å². The lowest BCUT2D eigenvalue weighted by Gasteiger charge is -2.26. The zero-order valence-electron chi connectivity index (χ0n) is 13.4. The largest absolute Gasteiger partial charge is 0.383 e. The van der Waals surface area contributed by atoms with E-state index in [1.54, 1.807) is 19.1 Å². The Morgan fingerprint density at radius 3 is 2.55 bits per heavy atom. The zero-order valence-corrected chi connectivity index (χ0v) is 13.4. The highest BCUT2D eigenvalue weighted by Crippen LogP contribution is 2.31. The van der Waals surface area contributed by atoms with Crippen molar-refractivity contribution in [3.8, 4) is 0 Å².